The van der Waals surface area contributed by atoms with Crippen molar-refractivity contribution < 1.29 is 17.9 Å². The molecule has 0 saturated heterocycles. The SMILES string of the molecule is COC1=CC(C2=CCN(c3ncn(Cc4ccc(C(F)(F)F)s4)c(=O)n3)CC2)=CCN1. The number of nitrogens with zero attached hydrogens (tertiary/aromatic N) is 4. The summed E-state index contributed by atoms with van der Waals surface area (Å²) in [5, 5.41) is 3.12. The van der Waals surface area contributed by atoms with Gasteiger partial charge in [0.2, 0.25) is 5.95 Å². The highest BCUT2D eigenvalue weighted by molar-refractivity contribution is 7.12. The molecule has 0 aromatic carbocycles. The summed E-state index contributed by atoms with van der Waals surface area (Å²) in [5.41, 5.74) is 1.76. The van der Waals surface area contributed by atoms with Gasteiger partial charge < -0.3 is 15.0 Å². The smallest absolute Gasteiger partial charge is 0.425 e. The molecular formula is C20H20F3N5O2S. The molecule has 0 saturated carbocycles. The molecule has 164 valence electrons. The van der Waals surface area contributed by atoms with E-state index in [4.69, 9.17) is 4.74 Å². The minimum atomic E-state index is -4.39. The lowest BCUT2D eigenvalue weighted by Gasteiger charge is -2.27. The van der Waals surface area contributed by atoms with Gasteiger partial charge in [0.25, 0.3) is 0 Å². The maximum absolute atomic E-state index is 12.8. The van der Waals surface area contributed by atoms with Crippen LogP contribution in [0.25, 0.3) is 0 Å². The van der Waals surface area contributed by atoms with Crippen LogP contribution >= 0.6 is 11.3 Å². The second kappa shape index (κ2) is 8.58. The van der Waals surface area contributed by atoms with Crippen molar-refractivity contribution in [2.24, 2.45) is 0 Å². The lowest BCUT2D eigenvalue weighted by molar-refractivity contribution is -0.134. The zero-order chi connectivity index (χ0) is 22.0. The molecule has 4 rings (SSSR count). The summed E-state index contributed by atoms with van der Waals surface area (Å²) in [4.78, 5) is 22.3. The molecule has 0 bridgehead atoms. The summed E-state index contributed by atoms with van der Waals surface area (Å²) >= 11 is 0.609. The number of thiophene rings is 1. The Morgan fingerprint density at radius 3 is 2.77 bits per heavy atom. The molecule has 0 radical (unpaired) electrons. The third-order valence-electron chi connectivity index (χ3n) is 4.99. The molecule has 1 N–H and O–H groups in total. The van der Waals surface area contributed by atoms with E-state index in [1.54, 1.807) is 7.11 Å². The normalized spacial score (nSPS) is 16.9. The number of allylic oxidation sites excluding steroid dienone is 2. The van der Waals surface area contributed by atoms with Crippen LogP contribution in [0.2, 0.25) is 0 Å². The number of hydrogen-bond acceptors (Lipinski definition) is 7. The molecule has 2 aromatic rings. The average Bonchev–Trinajstić information content (AvgIpc) is 3.25. The summed E-state index contributed by atoms with van der Waals surface area (Å²) in [6, 6.07) is 2.38. The third-order valence-corrected chi connectivity index (χ3v) is 6.10. The predicted molar refractivity (Wildman–Crippen MR) is 111 cm³/mol. The molecule has 0 unspecified atom stereocenters. The summed E-state index contributed by atoms with van der Waals surface area (Å²) in [5.74, 6) is 1.03. The first kappa shape index (κ1) is 21.2. The number of hydrogen-bond donors (Lipinski definition) is 1. The van der Waals surface area contributed by atoms with E-state index in [0.717, 1.165) is 23.9 Å². The van der Waals surface area contributed by atoms with Gasteiger partial charge in [0, 0.05) is 30.6 Å². The Labute approximate surface area is 180 Å². The summed E-state index contributed by atoms with van der Waals surface area (Å²) in [7, 11) is 1.62. The maximum atomic E-state index is 12.8. The van der Waals surface area contributed by atoms with Crippen LogP contribution < -0.4 is 15.9 Å². The van der Waals surface area contributed by atoms with Crippen molar-refractivity contribution >= 4 is 17.3 Å². The summed E-state index contributed by atoms with van der Waals surface area (Å²) in [6.45, 7) is 1.90. The van der Waals surface area contributed by atoms with E-state index in [-0.39, 0.29) is 6.54 Å². The molecular weight excluding hydrogens is 431 g/mol. The van der Waals surface area contributed by atoms with Crippen LogP contribution in [0.1, 0.15) is 16.2 Å². The summed E-state index contributed by atoms with van der Waals surface area (Å²) < 4.78 is 44.7. The molecule has 31 heavy (non-hydrogen) atoms. The third kappa shape index (κ3) is 4.82. The molecule has 0 aliphatic carbocycles. The minimum absolute atomic E-state index is 0.000267. The Kier molecular flexibility index (Phi) is 5.86. The molecule has 2 aliphatic heterocycles. The van der Waals surface area contributed by atoms with Gasteiger partial charge in [0.1, 0.15) is 11.2 Å². The number of alkyl halides is 3. The molecule has 2 aliphatic rings. The first-order chi connectivity index (χ1) is 14.8. The summed E-state index contributed by atoms with van der Waals surface area (Å²) in [6.07, 6.45) is 3.83. The van der Waals surface area contributed by atoms with Gasteiger partial charge in [0.15, 0.2) is 5.88 Å². The van der Waals surface area contributed by atoms with Crippen LogP contribution in [-0.2, 0) is 17.5 Å². The largest absolute Gasteiger partial charge is 0.482 e. The van der Waals surface area contributed by atoms with Crippen LogP contribution in [0.5, 0.6) is 0 Å². The Morgan fingerprint density at radius 1 is 1.29 bits per heavy atom. The molecule has 0 spiro atoms. The molecule has 0 atom stereocenters. The van der Waals surface area contributed by atoms with Crippen molar-refractivity contribution in [2.75, 3.05) is 31.6 Å². The Bertz CT molecular complexity index is 1120. The van der Waals surface area contributed by atoms with Crippen LogP contribution in [0.3, 0.4) is 0 Å². The van der Waals surface area contributed by atoms with E-state index in [2.05, 4.69) is 27.4 Å². The standard InChI is InChI=1S/C20H20F3N5O2S/c1-30-17-10-14(4-7-24-17)13-5-8-27(9-6-13)18-25-12-28(19(29)26-18)11-15-2-3-16(31-15)20(21,22)23/h2-5,10,12,24H,6-9,11H2,1H3. The van der Waals surface area contributed by atoms with Crippen LogP contribution in [0, 0.1) is 0 Å². The topological polar surface area (TPSA) is 72.3 Å². The minimum Gasteiger partial charge on any atom is -0.482 e. The molecule has 7 nitrogen and oxygen atoms in total. The van der Waals surface area contributed by atoms with E-state index >= 15 is 0 Å². The zero-order valence-corrected chi connectivity index (χ0v) is 17.5. The number of methoxy groups -OCH3 is 1. The highest BCUT2D eigenvalue weighted by atomic mass is 32.1. The van der Waals surface area contributed by atoms with Crippen LogP contribution in [-0.4, -0.2) is 41.3 Å². The van der Waals surface area contributed by atoms with Gasteiger partial charge in [-0.15, -0.1) is 11.3 Å². The molecule has 0 fully saturated rings. The fraction of sp³-hybridized carbons (Fsp3) is 0.350. The Balaban J connectivity index is 1.44. The maximum Gasteiger partial charge on any atom is 0.425 e. The number of rotatable bonds is 5. The van der Waals surface area contributed by atoms with E-state index in [9.17, 15) is 18.0 Å². The van der Waals surface area contributed by atoms with Gasteiger partial charge in [-0.2, -0.15) is 18.2 Å². The van der Waals surface area contributed by atoms with Crippen LogP contribution in [0.15, 0.2) is 58.5 Å². The van der Waals surface area contributed by atoms with Gasteiger partial charge in [-0.1, -0.05) is 12.2 Å². The van der Waals surface area contributed by atoms with E-state index in [1.807, 2.05) is 11.0 Å². The average molecular weight is 451 g/mol. The lowest BCUT2D eigenvalue weighted by atomic mass is 9.98. The number of ether oxygens (including phenoxy) is 1. The first-order valence-electron chi connectivity index (χ1n) is 9.57. The molecule has 4 heterocycles. The van der Waals surface area contributed by atoms with Crippen molar-refractivity contribution in [2.45, 2.75) is 19.1 Å². The highest BCUT2D eigenvalue weighted by Gasteiger charge is 2.32. The number of nitrogens with one attached hydrogen (secondary N) is 1. The van der Waals surface area contributed by atoms with Gasteiger partial charge in [-0.05, 0) is 29.7 Å². The number of aromatic nitrogens is 3. The quantitative estimate of drug-likeness (QED) is 0.754. The van der Waals surface area contributed by atoms with Crippen molar-refractivity contribution in [3.63, 3.8) is 0 Å². The van der Waals surface area contributed by atoms with Crippen LogP contribution in [0.4, 0.5) is 19.1 Å². The fourth-order valence-corrected chi connectivity index (χ4v) is 4.25. The van der Waals surface area contributed by atoms with Gasteiger partial charge in [-0.25, -0.2) is 9.78 Å². The van der Waals surface area contributed by atoms with E-state index < -0.39 is 16.7 Å². The second-order valence-corrected chi connectivity index (χ2v) is 8.18. The molecule has 2 aromatic heterocycles. The Morgan fingerprint density at radius 2 is 2.13 bits per heavy atom. The number of anilines is 1. The Hall–Kier alpha value is -3.08. The van der Waals surface area contributed by atoms with E-state index in [0.29, 0.717) is 41.8 Å². The number of halogens is 3. The van der Waals surface area contributed by atoms with Gasteiger partial charge in [-0.3, -0.25) is 4.57 Å². The monoisotopic (exact) mass is 451 g/mol. The predicted octanol–water partition coefficient (Wildman–Crippen LogP) is 2.92. The molecule has 11 heteroatoms. The van der Waals surface area contributed by atoms with Gasteiger partial charge in [0.05, 0.1) is 13.7 Å². The van der Waals surface area contributed by atoms with Gasteiger partial charge >= 0.3 is 11.9 Å². The van der Waals surface area contributed by atoms with Crippen molar-refractivity contribution in [3.8, 4) is 0 Å². The van der Waals surface area contributed by atoms with Crippen molar-refractivity contribution in [1.29, 1.82) is 0 Å². The highest BCUT2D eigenvalue weighted by Crippen LogP contribution is 2.34. The van der Waals surface area contributed by atoms with E-state index in [1.165, 1.54) is 22.5 Å². The van der Waals surface area contributed by atoms with Crippen molar-refractivity contribution in [1.82, 2.24) is 19.9 Å². The fourth-order valence-electron chi connectivity index (χ4n) is 3.37. The molecule has 0 amide bonds. The lowest BCUT2D eigenvalue weighted by Crippen LogP contribution is -2.34. The second-order valence-electron chi connectivity index (χ2n) is 7.01. The first-order valence-corrected chi connectivity index (χ1v) is 10.4. The zero-order valence-electron chi connectivity index (χ0n) is 16.6. The van der Waals surface area contributed by atoms with Crippen molar-refractivity contribution in [3.05, 3.63) is 74.0 Å². The number of dihydropyridines is 1.